The van der Waals surface area contributed by atoms with E-state index >= 15 is 0 Å². The Morgan fingerprint density at radius 1 is 1.29 bits per heavy atom. The number of hydrogen-bond acceptors (Lipinski definition) is 3. The van der Waals surface area contributed by atoms with Crippen molar-refractivity contribution in [2.45, 2.75) is 32.9 Å². The van der Waals surface area contributed by atoms with Gasteiger partial charge in [-0.05, 0) is 29.5 Å². The zero-order chi connectivity index (χ0) is 14.8. The number of carbonyl (C=O) groups excluding carboxylic acids is 1. The molecule has 1 amide bonds. The van der Waals surface area contributed by atoms with E-state index in [1.165, 1.54) is 16.8 Å². The van der Waals surface area contributed by atoms with Crippen LogP contribution in [0, 0.1) is 5.92 Å². The van der Waals surface area contributed by atoms with Gasteiger partial charge in [0.05, 0.1) is 0 Å². The van der Waals surface area contributed by atoms with Crippen molar-refractivity contribution < 1.29 is 4.79 Å². The summed E-state index contributed by atoms with van der Waals surface area (Å²) in [5, 5.41) is 3.41. The number of hydrogen-bond donors (Lipinski definition) is 1. The van der Waals surface area contributed by atoms with Crippen molar-refractivity contribution in [3.8, 4) is 0 Å². The Labute approximate surface area is 127 Å². The molecule has 21 heavy (non-hydrogen) atoms. The van der Waals surface area contributed by atoms with Gasteiger partial charge in [0, 0.05) is 44.5 Å². The molecule has 4 nitrogen and oxygen atoms in total. The van der Waals surface area contributed by atoms with E-state index in [1.54, 1.807) is 0 Å². The highest BCUT2D eigenvalue weighted by molar-refractivity contribution is 5.60. The second-order valence-electron chi connectivity index (χ2n) is 6.45. The zero-order valence-electron chi connectivity index (χ0n) is 13.0. The van der Waals surface area contributed by atoms with Crippen LogP contribution in [0.5, 0.6) is 0 Å². The van der Waals surface area contributed by atoms with E-state index in [9.17, 15) is 4.79 Å². The van der Waals surface area contributed by atoms with Gasteiger partial charge in [-0.2, -0.15) is 0 Å². The van der Waals surface area contributed by atoms with Crippen LogP contribution in [0.2, 0.25) is 0 Å². The Morgan fingerprint density at radius 3 is 2.71 bits per heavy atom. The van der Waals surface area contributed by atoms with Crippen LogP contribution in [-0.4, -0.2) is 43.5 Å². The van der Waals surface area contributed by atoms with Crippen LogP contribution in [0.25, 0.3) is 0 Å². The maximum atomic E-state index is 11.4. The fourth-order valence-corrected chi connectivity index (χ4v) is 3.58. The molecule has 1 aromatic carbocycles. The van der Waals surface area contributed by atoms with Crippen molar-refractivity contribution >= 4 is 12.1 Å². The molecule has 0 spiro atoms. The zero-order valence-corrected chi connectivity index (χ0v) is 13.0. The third-order valence-electron chi connectivity index (χ3n) is 4.80. The predicted octanol–water partition coefficient (Wildman–Crippen LogP) is 1.64. The number of nitrogens with zero attached hydrogens (tertiary/aromatic N) is 2. The van der Waals surface area contributed by atoms with Crippen LogP contribution >= 0.6 is 0 Å². The lowest BCUT2D eigenvalue weighted by molar-refractivity contribution is -0.122. The van der Waals surface area contributed by atoms with Gasteiger partial charge in [0.1, 0.15) is 0 Å². The van der Waals surface area contributed by atoms with Crippen LogP contribution in [0.15, 0.2) is 18.2 Å². The van der Waals surface area contributed by atoms with Gasteiger partial charge in [-0.3, -0.25) is 4.79 Å². The number of rotatable bonds is 3. The van der Waals surface area contributed by atoms with Crippen LogP contribution in [0.3, 0.4) is 0 Å². The average Bonchev–Trinajstić information content (AvgIpc) is 2.53. The molecule has 1 saturated heterocycles. The summed E-state index contributed by atoms with van der Waals surface area (Å²) in [6.45, 7) is 9.41. The van der Waals surface area contributed by atoms with Crippen LogP contribution in [0.1, 0.15) is 25.0 Å². The summed E-state index contributed by atoms with van der Waals surface area (Å²) in [4.78, 5) is 15.8. The number of benzene rings is 1. The van der Waals surface area contributed by atoms with Crippen molar-refractivity contribution in [1.29, 1.82) is 0 Å². The summed E-state index contributed by atoms with van der Waals surface area (Å²) < 4.78 is 0. The molecule has 4 heteroatoms. The lowest BCUT2D eigenvalue weighted by Gasteiger charge is -2.40. The molecule has 114 valence electrons. The highest BCUT2D eigenvalue weighted by Crippen LogP contribution is 2.33. The Balaban J connectivity index is 1.94. The van der Waals surface area contributed by atoms with E-state index in [0.29, 0.717) is 12.0 Å². The van der Waals surface area contributed by atoms with E-state index in [4.69, 9.17) is 0 Å². The molecule has 1 aromatic rings. The third kappa shape index (κ3) is 2.77. The lowest BCUT2D eigenvalue weighted by Crippen LogP contribution is -2.46. The molecule has 3 rings (SSSR count). The first-order valence-corrected chi connectivity index (χ1v) is 7.98. The second kappa shape index (κ2) is 6.06. The molecule has 0 aromatic heterocycles. The first-order valence-electron chi connectivity index (χ1n) is 7.98. The molecule has 0 radical (unpaired) electrons. The predicted molar refractivity (Wildman–Crippen MR) is 85.5 cm³/mol. The standard InChI is InChI=1S/C17H25N3O/c1-13(2)17-10-15-14(11-20(17)12-21)4-3-5-16(15)19-8-6-18-7-9-19/h3-5,12-13,17-18H,6-11H2,1-2H3. The quantitative estimate of drug-likeness (QED) is 0.859. The number of fused-ring (bicyclic) bond motifs is 1. The molecule has 1 N–H and O–H groups in total. The topological polar surface area (TPSA) is 35.6 Å². The van der Waals surface area contributed by atoms with Crippen molar-refractivity contribution in [2.75, 3.05) is 31.1 Å². The summed E-state index contributed by atoms with van der Waals surface area (Å²) in [5.74, 6) is 0.486. The molecule has 0 aliphatic carbocycles. The summed E-state index contributed by atoms with van der Waals surface area (Å²) >= 11 is 0. The van der Waals surface area contributed by atoms with Gasteiger partial charge in [0.25, 0.3) is 0 Å². The largest absolute Gasteiger partial charge is 0.369 e. The SMILES string of the molecule is CC(C)C1Cc2c(cccc2N2CCNCC2)CN1C=O. The molecule has 2 aliphatic heterocycles. The van der Waals surface area contributed by atoms with Gasteiger partial charge in [0.2, 0.25) is 6.41 Å². The van der Waals surface area contributed by atoms with Crippen LogP contribution in [0.4, 0.5) is 5.69 Å². The van der Waals surface area contributed by atoms with Crippen LogP contribution in [-0.2, 0) is 17.8 Å². The van der Waals surface area contributed by atoms with Gasteiger partial charge < -0.3 is 15.1 Å². The third-order valence-corrected chi connectivity index (χ3v) is 4.80. The fourth-order valence-electron chi connectivity index (χ4n) is 3.58. The van der Waals surface area contributed by atoms with E-state index in [-0.39, 0.29) is 0 Å². The minimum atomic E-state index is 0.319. The minimum Gasteiger partial charge on any atom is -0.369 e. The fraction of sp³-hybridized carbons (Fsp3) is 0.588. The molecule has 0 saturated carbocycles. The second-order valence-corrected chi connectivity index (χ2v) is 6.45. The maximum Gasteiger partial charge on any atom is 0.210 e. The summed E-state index contributed by atoms with van der Waals surface area (Å²) in [7, 11) is 0. The molecule has 2 heterocycles. The average molecular weight is 287 g/mol. The molecule has 1 fully saturated rings. The number of amides is 1. The Morgan fingerprint density at radius 2 is 2.05 bits per heavy atom. The van der Waals surface area contributed by atoms with Gasteiger partial charge >= 0.3 is 0 Å². The molecular formula is C17H25N3O. The van der Waals surface area contributed by atoms with E-state index in [1.807, 2.05) is 4.90 Å². The lowest BCUT2D eigenvalue weighted by atomic mass is 9.87. The number of carbonyl (C=O) groups is 1. The maximum absolute atomic E-state index is 11.4. The van der Waals surface area contributed by atoms with Crippen LogP contribution < -0.4 is 10.2 Å². The molecule has 1 unspecified atom stereocenters. The smallest absolute Gasteiger partial charge is 0.210 e. The van der Waals surface area contributed by atoms with Gasteiger partial charge in [-0.15, -0.1) is 0 Å². The number of nitrogens with one attached hydrogen (secondary N) is 1. The van der Waals surface area contributed by atoms with Crippen molar-refractivity contribution in [3.63, 3.8) is 0 Å². The van der Waals surface area contributed by atoms with E-state index in [2.05, 4.69) is 42.3 Å². The first kappa shape index (κ1) is 14.4. The highest BCUT2D eigenvalue weighted by Gasteiger charge is 2.30. The van der Waals surface area contributed by atoms with Gasteiger partial charge in [0.15, 0.2) is 0 Å². The van der Waals surface area contributed by atoms with Crippen molar-refractivity contribution in [1.82, 2.24) is 10.2 Å². The molecule has 2 aliphatic rings. The van der Waals surface area contributed by atoms with Gasteiger partial charge in [-0.25, -0.2) is 0 Å². The minimum absolute atomic E-state index is 0.319. The summed E-state index contributed by atoms with van der Waals surface area (Å²) in [6, 6.07) is 6.88. The first-order chi connectivity index (χ1) is 10.2. The Kier molecular flexibility index (Phi) is 4.15. The number of piperazine rings is 1. The summed E-state index contributed by atoms with van der Waals surface area (Å²) in [5.41, 5.74) is 4.15. The molecule has 1 atom stereocenters. The molecule has 0 bridgehead atoms. The monoisotopic (exact) mass is 287 g/mol. The van der Waals surface area contributed by atoms with E-state index in [0.717, 1.165) is 45.6 Å². The van der Waals surface area contributed by atoms with E-state index < -0.39 is 0 Å². The normalized spacial score (nSPS) is 22.3. The van der Waals surface area contributed by atoms with Crippen molar-refractivity contribution in [3.05, 3.63) is 29.3 Å². The summed E-state index contributed by atoms with van der Waals surface area (Å²) in [6.07, 6.45) is 2.00. The highest BCUT2D eigenvalue weighted by atomic mass is 16.1. The Hall–Kier alpha value is -1.55. The number of anilines is 1. The van der Waals surface area contributed by atoms with Crippen molar-refractivity contribution in [2.24, 2.45) is 5.92 Å². The molecular weight excluding hydrogens is 262 g/mol. The Bertz CT molecular complexity index is 509. The van der Waals surface area contributed by atoms with Gasteiger partial charge in [-0.1, -0.05) is 26.0 Å².